The number of hydrogen-bond acceptors (Lipinski definition) is 2. The lowest BCUT2D eigenvalue weighted by Crippen LogP contribution is -2.32. The van der Waals surface area contributed by atoms with Crippen LogP contribution in [0.2, 0.25) is 0 Å². The van der Waals surface area contributed by atoms with Gasteiger partial charge in [-0.2, -0.15) is 0 Å². The Labute approximate surface area is 117 Å². The van der Waals surface area contributed by atoms with Crippen molar-refractivity contribution in [2.75, 3.05) is 10.6 Å². The number of aryl methyl sites for hydroxylation is 1. The lowest BCUT2D eigenvalue weighted by Gasteiger charge is -2.15. The van der Waals surface area contributed by atoms with Gasteiger partial charge in [-0.25, -0.2) is 4.39 Å². The van der Waals surface area contributed by atoms with E-state index in [1.807, 2.05) is 31.2 Å². The Hall–Kier alpha value is -2.36. The molecule has 0 spiro atoms. The Bertz CT molecular complexity index is 596. The summed E-state index contributed by atoms with van der Waals surface area (Å²) in [6.07, 6.45) is 0. The van der Waals surface area contributed by atoms with Crippen molar-refractivity contribution < 1.29 is 9.18 Å². The lowest BCUT2D eigenvalue weighted by molar-refractivity contribution is -0.116. The normalized spacial score (nSPS) is 11.8. The minimum Gasteiger partial charge on any atom is -0.372 e. The van der Waals surface area contributed by atoms with E-state index in [9.17, 15) is 9.18 Å². The van der Waals surface area contributed by atoms with Crippen LogP contribution in [0.3, 0.4) is 0 Å². The molecule has 0 aliphatic carbocycles. The molecular formula is C16H17FN2O. The molecule has 2 N–H and O–H groups in total. The zero-order valence-corrected chi connectivity index (χ0v) is 11.5. The number of amides is 1. The number of halogens is 1. The summed E-state index contributed by atoms with van der Waals surface area (Å²) in [6, 6.07) is 13.3. The van der Waals surface area contributed by atoms with Crippen LogP contribution >= 0.6 is 0 Å². The SMILES string of the molecule is Cc1ccc(NC(=O)C(C)Nc2ccccc2F)cc1. The van der Waals surface area contributed by atoms with Crippen LogP contribution in [0.1, 0.15) is 12.5 Å². The summed E-state index contributed by atoms with van der Waals surface area (Å²) in [5.74, 6) is -0.584. The van der Waals surface area contributed by atoms with Gasteiger partial charge < -0.3 is 10.6 Å². The fraction of sp³-hybridized carbons (Fsp3) is 0.188. The predicted octanol–water partition coefficient (Wildman–Crippen LogP) is 3.57. The molecule has 1 amide bonds. The summed E-state index contributed by atoms with van der Waals surface area (Å²) in [6.45, 7) is 3.67. The van der Waals surface area contributed by atoms with Crippen LogP contribution in [0.15, 0.2) is 48.5 Å². The maximum atomic E-state index is 13.5. The molecule has 0 aliphatic heterocycles. The average molecular weight is 272 g/mol. The highest BCUT2D eigenvalue weighted by Gasteiger charge is 2.14. The topological polar surface area (TPSA) is 41.1 Å². The van der Waals surface area contributed by atoms with Gasteiger partial charge in [0.1, 0.15) is 11.9 Å². The van der Waals surface area contributed by atoms with Crippen LogP contribution in [-0.2, 0) is 4.79 Å². The third kappa shape index (κ3) is 3.57. The van der Waals surface area contributed by atoms with Crippen molar-refractivity contribution >= 4 is 17.3 Å². The first-order valence-corrected chi connectivity index (χ1v) is 6.45. The summed E-state index contributed by atoms with van der Waals surface area (Å²) < 4.78 is 13.5. The molecule has 0 aromatic heterocycles. The summed E-state index contributed by atoms with van der Waals surface area (Å²) in [4.78, 5) is 12.0. The average Bonchev–Trinajstić information content (AvgIpc) is 2.44. The van der Waals surface area contributed by atoms with Crippen molar-refractivity contribution in [3.63, 3.8) is 0 Å². The maximum absolute atomic E-state index is 13.5. The number of rotatable bonds is 4. The highest BCUT2D eigenvalue weighted by molar-refractivity contribution is 5.96. The first-order chi connectivity index (χ1) is 9.56. The van der Waals surface area contributed by atoms with E-state index in [1.165, 1.54) is 6.07 Å². The van der Waals surface area contributed by atoms with E-state index in [4.69, 9.17) is 0 Å². The molecule has 2 aromatic carbocycles. The number of hydrogen-bond donors (Lipinski definition) is 2. The predicted molar refractivity (Wildman–Crippen MR) is 79.3 cm³/mol. The lowest BCUT2D eigenvalue weighted by atomic mass is 10.2. The highest BCUT2D eigenvalue weighted by Crippen LogP contribution is 2.14. The number of benzene rings is 2. The van der Waals surface area contributed by atoms with Crippen molar-refractivity contribution in [2.24, 2.45) is 0 Å². The van der Waals surface area contributed by atoms with Crippen molar-refractivity contribution in [3.8, 4) is 0 Å². The summed E-state index contributed by atoms with van der Waals surface area (Å²) in [7, 11) is 0. The van der Waals surface area contributed by atoms with Gasteiger partial charge in [-0.05, 0) is 38.1 Å². The number of carbonyl (C=O) groups excluding carboxylic acids is 1. The molecule has 4 heteroatoms. The van der Waals surface area contributed by atoms with Gasteiger partial charge >= 0.3 is 0 Å². The molecule has 104 valence electrons. The van der Waals surface area contributed by atoms with Gasteiger partial charge in [-0.1, -0.05) is 29.8 Å². The Morgan fingerprint density at radius 2 is 1.75 bits per heavy atom. The number of anilines is 2. The third-order valence-electron chi connectivity index (χ3n) is 2.96. The summed E-state index contributed by atoms with van der Waals surface area (Å²) >= 11 is 0. The molecule has 3 nitrogen and oxygen atoms in total. The molecule has 0 fully saturated rings. The fourth-order valence-corrected chi connectivity index (χ4v) is 1.76. The molecule has 2 aromatic rings. The second-order valence-electron chi connectivity index (χ2n) is 4.70. The molecule has 20 heavy (non-hydrogen) atoms. The van der Waals surface area contributed by atoms with Crippen LogP contribution in [-0.4, -0.2) is 11.9 Å². The minimum absolute atomic E-state index is 0.211. The molecule has 0 heterocycles. The van der Waals surface area contributed by atoms with Crippen LogP contribution < -0.4 is 10.6 Å². The molecule has 0 bridgehead atoms. The van der Waals surface area contributed by atoms with E-state index in [2.05, 4.69) is 10.6 Å². The second-order valence-corrected chi connectivity index (χ2v) is 4.70. The van der Waals surface area contributed by atoms with Crippen molar-refractivity contribution in [1.82, 2.24) is 0 Å². The quantitative estimate of drug-likeness (QED) is 0.893. The number of nitrogens with one attached hydrogen (secondary N) is 2. The second kappa shape index (κ2) is 6.19. The Balaban J connectivity index is 1.99. The van der Waals surface area contributed by atoms with Crippen LogP contribution in [0.25, 0.3) is 0 Å². The zero-order chi connectivity index (χ0) is 14.5. The monoisotopic (exact) mass is 272 g/mol. The molecule has 0 saturated heterocycles. The van der Waals surface area contributed by atoms with Gasteiger partial charge in [0.25, 0.3) is 0 Å². The Morgan fingerprint density at radius 3 is 2.40 bits per heavy atom. The first kappa shape index (κ1) is 14.1. The van der Waals surface area contributed by atoms with E-state index < -0.39 is 6.04 Å². The van der Waals surface area contributed by atoms with E-state index >= 15 is 0 Å². The van der Waals surface area contributed by atoms with Gasteiger partial charge in [0.15, 0.2) is 0 Å². The molecule has 1 atom stereocenters. The van der Waals surface area contributed by atoms with Crippen molar-refractivity contribution in [1.29, 1.82) is 0 Å². The van der Waals surface area contributed by atoms with E-state index in [0.717, 1.165) is 11.3 Å². The fourth-order valence-electron chi connectivity index (χ4n) is 1.76. The van der Waals surface area contributed by atoms with Gasteiger partial charge in [-0.3, -0.25) is 4.79 Å². The molecule has 1 unspecified atom stereocenters. The van der Waals surface area contributed by atoms with Crippen molar-refractivity contribution in [3.05, 3.63) is 59.9 Å². The molecule has 2 rings (SSSR count). The van der Waals surface area contributed by atoms with Crippen molar-refractivity contribution in [2.45, 2.75) is 19.9 Å². The number of para-hydroxylation sites is 1. The van der Waals surface area contributed by atoms with Crippen LogP contribution in [0.5, 0.6) is 0 Å². The smallest absolute Gasteiger partial charge is 0.246 e. The Morgan fingerprint density at radius 1 is 1.10 bits per heavy atom. The Kier molecular flexibility index (Phi) is 4.35. The van der Waals surface area contributed by atoms with E-state index in [1.54, 1.807) is 25.1 Å². The van der Waals surface area contributed by atoms with E-state index in [0.29, 0.717) is 5.69 Å². The maximum Gasteiger partial charge on any atom is 0.246 e. The summed E-state index contributed by atoms with van der Waals surface area (Å²) in [5, 5.41) is 5.64. The summed E-state index contributed by atoms with van der Waals surface area (Å²) in [5.41, 5.74) is 2.17. The van der Waals surface area contributed by atoms with Gasteiger partial charge in [0, 0.05) is 5.69 Å². The molecule has 0 aliphatic rings. The zero-order valence-electron chi connectivity index (χ0n) is 11.5. The number of carbonyl (C=O) groups is 1. The van der Waals surface area contributed by atoms with Gasteiger partial charge in [0.05, 0.1) is 5.69 Å². The van der Waals surface area contributed by atoms with Gasteiger partial charge in [-0.15, -0.1) is 0 Å². The first-order valence-electron chi connectivity index (χ1n) is 6.45. The highest BCUT2D eigenvalue weighted by atomic mass is 19.1. The van der Waals surface area contributed by atoms with Crippen LogP contribution in [0.4, 0.5) is 15.8 Å². The minimum atomic E-state index is -0.534. The standard InChI is InChI=1S/C16H17FN2O/c1-11-7-9-13(10-8-11)19-16(20)12(2)18-15-6-4-3-5-14(15)17/h3-10,12,18H,1-2H3,(H,19,20). The van der Waals surface area contributed by atoms with Crippen LogP contribution in [0, 0.1) is 12.7 Å². The molecule has 0 saturated carbocycles. The molecule has 0 radical (unpaired) electrons. The largest absolute Gasteiger partial charge is 0.372 e. The molecular weight excluding hydrogens is 255 g/mol. The van der Waals surface area contributed by atoms with E-state index in [-0.39, 0.29) is 11.7 Å². The van der Waals surface area contributed by atoms with Gasteiger partial charge in [0.2, 0.25) is 5.91 Å². The third-order valence-corrected chi connectivity index (χ3v) is 2.96.